The topological polar surface area (TPSA) is 108 Å². The molecule has 0 spiro atoms. The highest BCUT2D eigenvalue weighted by Gasteiger charge is 2.25. The second-order valence-corrected chi connectivity index (χ2v) is 29.1. The number of hydrogen-bond donors (Lipinski definition) is 1. The van der Waals surface area contributed by atoms with Crippen molar-refractivity contribution in [3.05, 3.63) is 146 Å². The molecule has 0 aliphatic rings. The van der Waals surface area contributed by atoms with Gasteiger partial charge < -0.3 is 28.5 Å². The Morgan fingerprint density at radius 2 is 0.564 bits per heavy atom. The summed E-state index contributed by atoms with van der Waals surface area (Å²) in [7, 11) is 5.98. The number of carbonyl (C=O) groups is 3. The molecule has 0 aromatic rings. The van der Waals surface area contributed by atoms with Crippen LogP contribution >= 0.6 is 0 Å². The van der Waals surface area contributed by atoms with Gasteiger partial charge in [-0.2, -0.15) is 0 Å². The first-order valence-electron chi connectivity index (χ1n) is 42.0. The fourth-order valence-corrected chi connectivity index (χ4v) is 11.7. The first kappa shape index (κ1) is 96.2. The molecule has 9 nitrogen and oxygen atoms in total. The number of aliphatic carboxylic acids is 1. The van der Waals surface area contributed by atoms with Crippen molar-refractivity contribution in [2.75, 3.05) is 47.5 Å². The number of hydrogen-bond acceptors (Lipinski definition) is 7. The Morgan fingerprint density at radius 3 is 0.842 bits per heavy atom. The number of nitrogens with zero attached hydrogens (tertiary/aromatic N) is 1. The number of likely N-dealkylation sites (N-methyl/N-ethyl adjacent to an activating group) is 1. The van der Waals surface area contributed by atoms with Gasteiger partial charge in [0.2, 0.25) is 0 Å². The van der Waals surface area contributed by atoms with E-state index in [1.54, 1.807) is 0 Å². The normalized spacial score (nSPS) is 13.4. The number of unbranched alkanes of at least 4 members (excludes halogenated alkanes) is 38. The van der Waals surface area contributed by atoms with Crippen molar-refractivity contribution >= 4 is 17.9 Å². The van der Waals surface area contributed by atoms with Crippen molar-refractivity contribution in [3.63, 3.8) is 0 Å². The van der Waals surface area contributed by atoms with Crippen LogP contribution in [0.1, 0.15) is 361 Å². The summed E-state index contributed by atoms with van der Waals surface area (Å²) in [6, 6.07) is 0. The predicted molar refractivity (Wildman–Crippen MR) is 437 cm³/mol. The summed E-state index contributed by atoms with van der Waals surface area (Å²) >= 11 is 0. The Hall–Kier alpha value is -4.83. The Bertz CT molecular complexity index is 2180. The second kappa shape index (κ2) is 80.8. The Balaban J connectivity index is 4.06. The van der Waals surface area contributed by atoms with Gasteiger partial charge in [0.25, 0.3) is 6.29 Å². The number of ether oxygens (including phenoxy) is 4. The summed E-state index contributed by atoms with van der Waals surface area (Å²) in [5.41, 5.74) is 0. The zero-order valence-electron chi connectivity index (χ0n) is 66.3. The molecule has 578 valence electrons. The van der Waals surface area contributed by atoms with E-state index in [1.165, 1.54) is 199 Å². The van der Waals surface area contributed by atoms with Crippen LogP contribution in [-0.4, -0.2) is 87.4 Å². The number of carboxylic acid groups (broad SMARTS) is 1. The summed E-state index contributed by atoms with van der Waals surface area (Å²) in [4.78, 5) is 37.8. The summed E-state index contributed by atoms with van der Waals surface area (Å²) in [6.45, 7) is 4.76. The molecule has 0 amide bonds. The molecule has 1 N–H and O–H groups in total. The fraction of sp³-hybridized carbons (Fsp3) is 0.707. The predicted octanol–water partition coefficient (Wildman–Crippen LogP) is 27.4. The van der Waals surface area contributed by atoms with Crippen LogP contribution in [0.5, 0.6) is 0 Å². The lowest BCUT2D eigenvalue weighted by Crippen LogP contribution is -2.40. The van der Waals surface area contributed by atoms with Gasteiger partial charge in [-0.1, -0.05) is 372 Å². The maximum atomic E-state index is 13.0. The smallest absolute Gasteiger partial charge is 0.361 e. The molecule has 0 aromatic heterocycles. The van der Waals surface area contributed by atoms with Crippen molar-refractivity contribution in [1.29, 1.82) is 0 Å². The molecule has 9 heteroatoms. The molecule has 2 unspecified atom stereocenters. The van der Waals surface area contributed by atoms with Crippen LogP contribution < -0.4 is 0 Å². The maximum absolute atomic E-state index is 13.0. The third kappa shape index (κ3) is 82.3. The van der Waals surface area contributed by atoms with Gasteiger partial charge in [-0.3, -0.25) is 9.59 Å². The van der Waals surface area contributed by atoms with Crippen LogP contribution in [0.4, 0.5) is 0 Å². The molecule has 0 saturated carbocycles. The molecule has 0 heterocycles. The second-order valence-electron chi connectivity index (χ2n) is 29.1. The van der Waals surface area contributed by atoms with Crippen LogP contribution in [0.3, 0.4) is 0 Å². The molecule has 0 bridgehead atoms. The minimum atomic E-state index is -1.52. The van der Waals surface area contributed by atoms with Gasteiger partial charge in [0, 0.05) is 12.8 Å². The molecule has 0 fully saturated rings. The molecule has 0 rings (SSSR count). The third-order valence-electron chi connectivity index (χ3n) is 18.1. The minimum absolute atomic E-state index is 0.179. The Kier molecular flexibility index (Phi) is 77.0. The Labute approximate surface area is 623 Å². The number of carbonyl (C=O) groups excluding carboxylic acids is 2. The highest BCUT2D eigenvalue weighted by Crippen LogP contribution is 2.19. The van der Waals surface area contributed by atoms with Crippen molar-refractivity contribution in [2.45, 2.75) is 373 Å². The zero-order valence-corrected chi connectivity index (χ0v) is 66.3. The summed E-state index contributed by atoms with van der Waals surface area (Å²) < 4.78 is 23.0. The van der Waals surface area contributed by atoms with Crippen LogP contribution in [0.2, 0.25) is 0 Å². The van der Waals surface area contributed by atoms with Crippen LogP contribution in [0, 0.1) is 0 Å². The van der Waals surface area contributed by atoms with E-state index in [9.17, 15) is 19.5 Å². The van der Waals surface area contributed by atoms with E-state index in [0.29, 0.717) is 23.9 Å². The lowest BCUT2D eigenvalue weighted by atomic mass is 10.0. The van der Waals surface area contributed by atoms with Crippen molar-refractivity contribution in [3.8, 4) is 0 Å². The van der Waals surface area contributed by atoms with Gasteiger partial charge in [-0.05, 0) is 122 Å². The number of esters is 2. The van der Waals surface area contributed by atoms with E-state index in [2.05, 4.69) is 160 Å². The maximum Gasteiger partial charge on any atom is 0.361 e. The molecule has 0 saturated heterocycles. The van der Waals surface area contributed by atoms with Crippen molar-refractivity contribution in [2.24, 2.45) is 0 Å². The van der Waals surface area contributed by atoms with Crippen LogP contribution in [0.15, 0.2) is 146 Å². The molecule has 0 radical (unpaired) electrons. The standard InChI is InChI=1S/C92H157NO8/c1-6-8-10-12-14-16-18-20-22-24-26-28-30-32-34-36-38-40-42-44-45-47-48-50-52-54-56-58-60-62-64-66-68-70-72-74-76-78-80-82-89(94)99-86-88(87-100-92(91(96)97)98-85-84-93(3,4)5)101-90(95)83-81-79-77-75-73-71-69-67-65-63-61-59-57-55-53-51-49-46-43-41-39-37-35-33-31-29-27-25-23-21-19-17-15-13-11-9-7-2/h9,11,15,17-18,20-21,23-24,26-27,29,33,35,39,41,46,49,53,55,59,61,65,67,88,92H,6-8,10,12-14,16,19,22,25,28,30-32,34,36-38,40,42-45,47-48,50-52,54,56-58,60,62-64,66,68-87H2,1-5H3/p+1/b11-9-,17-15-,20-18-,23-21-,26-24-,29-27-,35-33-,41-39-,49-46-,55-53-,61-59-,67-65-. The van der Waals surface area contributed by atoms with Gasteiger partial charge in [-0.15, -0.1) is 0 Å². The van der Waals surface area contributed by atoms with E-state index in [4.69, 9.17) is 18.9 Å². The summed E-state index contributed by atoms with van der Waals surface area (Å²) in [5.74, 6) is -2.02. The first-order chi connectivity index (χ1) is 49.6. The monoisotopic (exact) mass is 1410 g/mol. The van der Waals surface area contributed by atoms with Crippen molar-refractivity contribution in [1.82, 2.24) is 0 Å². The molecule has 101 heavy (non-hydrogen) atoms. The van der Waals surface area contributed by atoms with E-state index in [0.717, 1.165) is 128 Å². The van der Waals surface area contributed by atoms with Gasteiger partial charge in [0.05, 0.1) is 34.4 Å². The van der Waals surface area contributed by atoms with E-state index in [1.807, 2.05) is 21.1 Å². The molecular weight excluding hydrogens is 1250 g/mol. The van der Waals surface area contributed by atoms with E-state index in [-0.39, 0.29) is 32.2 Å². The number of allylic oxidation sites excluding steroid dienone is 24. The SMILES string of the molecule is CC/C=C\C/C=C\C/C=C\C/C=C\C/C=C\C/C=C\C/C=C\C/C=C\C/C=C\C/C=C\CCCCCCCCC(=O)OC(COC(=O)CCCCCCCCCCCCCCCCCCCCCCCCCCCCC/C=C\C/C=C\CCCCCCC)COC(OCC[N+](C)(C)C)C(=O)O. The van der Waals surface area contributed by atoms with Crippen LogP contribution in [-0.2, 0) is 33.3 Å². The molecule has 0 aliphatic heterocycles. The minimum Gasteiger partial charge on any atom is -0.477 e. The summed E-state index contributed by atoms with van der Waals surface area (Å²) in [5, 5.41) is 9.78. The molecule has 2 atom stereocenters. The average Bonchev–Trinajstić information content (AvgIpc) is 1.25. The fourth-order valence-electron chi connectivity index (χ4n) is 11.7. The van der Waals surface area contributed by atoms with Crippen molar-refractivity contribution < 1.29 is 42.9 Å². The number of quaternary nitrogens is 1. The largest absolute Gasteiger partial charge is 0.477 e. The quantitative estimate of drug-likeness (QED) is 0.0211. The highest BCUT2D eigenvalue weighted by atomic mass is 16.7. The number of carboxylic acids is 1. The Morgan fingerprint density at radius 1 is 0.307 bits per heavy atom. The van der Waals surface area contributed by atoms with Gasteiger partial charge in [0.1, 0.15) is 13.2 Å². The molecule has 0 aliphatic carbocycles. The molecular formula is C92H158NO8+. The third-order valence-corrected chi connectivity index (χ3v) is 18.1. The highest BCUT2D eigenvalue weighted by molar-refractivity contribution is 5.71. The van der Waals surface area contributed by atoms with Gasteiger partial charge in [0.15, 0.2) is 6.10 Å². The van der Waals surface area contributed by atoms with Gasteiger partial charge >= 0.3 is 17.9 Å². The van der Waals surface area contributed by atoms with Gasteiger partial charge in [-0.25, -0.2) is 4.79 Å². The number of rotatable bonds is 77. The van der Waals surface area contributed by atoms with E-state index >= 15 is 0 Å². The first-order valence-corrected chi connectivity index (χ1v) is 42.0. The molecule has 0 aromatic carbocycles. The summed E-state index contributed by atoms with van der Waals surface area (Å²) in [6.07, 6.45) is 116. The lowest BCUT2D eigenvalue weighted by Gasteiger charge is -2.25. The average molecular weight is 1410 g/mol. The zero-order chi connectivity index (χ0) is 73.2. The van der Waals surface area contributed by atoms with E-state index < -0.39 is 24.3 Å². The lowest BCUT2D eigenvalue weighted by molar-refractivity contribution is -0.870. The van der Waals surface area contributed by atoms with Crippen LogP contribution in [0.25, 0.3) is 0 Å².